The van der Waals surface area contributed by atoms with Gasteiger partial charge in [0.2, 0.25) is 0 Å². The number of ether oxygens (including phenoxy) is 2. The number of likely N-dealkylation sites (N-methyl/N-ethyl adjacent to an activating group) is 1. The second-order valence-corrected chi connectivity index (χ2v) is 9.78. The Kier molecular flexibility index (Phi) is 8.90. The fourth-order valence-corrected chi connectivity index (χ4v) is 4.33. The summed E-state index contributed by atoms with van der Waals surface area (Å²) in [5, 5.41) is 17.5. The lowest BCUT2D eigenvalue weighted by molar-refractivity contribution is 0.0853. The van der Waals surface area contributed by atoms with Gasteiger partial charge in [0.1, 0.15) is 24.3 Å². The van der Waals surface area contributed by atoms with Crippen molar-refractivity contribution in [3.05, 3.63) is 42.7 Å². The Morgan fingerprint density at radius 2 is 2.00 bits per heavy atom. The summed E-state index contributed by atoms with van der Waals surface area (Å²) in [5.41, 5.74) is 2.65. The molecule has 0 radical (unpaired) electrons. The van der Waals surface area contributed by atoms with Gasteiger partial charge in [-0.05, 0) is 37.9 Å². The molecule has 9 heteroatoms. The van der Waals surface area contributed by atoms with Crippen LogP contribution in [0.25, 0.3) is 22.6 Å². The maximum absolute atomic E-state index is 10.0. The lowest BCUT2D eigenvalue weighted by atomic mass is 10.1. The summed E-state index contributed by atoms with van der Waals surface area (Å²) in [7, 11) is 3.90. The Bertz CT molecular complexity index is 1110. The summed E-state index contributed by atoms with van der Waals surface area (Å²) in [6.07, 6.45) is 5.27. The summed E-state index contributed by atoms with van der Waals surface area (Å²) in [6, 6.07) is 10.1. The monoisotopic (exact) mass is 494 g/mol. The molecule has 0 amide bonds. The van der Waals surface area contributed by atoms with Crippen LogP contribution in [0.1, 0.15) is 26.7 Å². The van der Waals surface area contributed by atoms with Crippen LogP contribution in [0.4, 0.5) is 5.82 Å². The first kappa shape index (κ1) is 26.1. The minimum absolute atomic E-state index is 0.206. The highest BCUT2D eigenvalue weighted by atomic mass is 16.5. The Morgan fingerprint density at radius 1 is 1.19 bits per heavy atom. The van der Waals surface area contributed by atoms with E-state index in [4.69, 9.17) is 19.4 Å². The average Bonchev–Trinajstić information content (AvgIpc) is 3.35. The number of nitrogens with zero attached hydrogens (tertiary/aromatic N) is 5. The van der Waals surface area contributed by atoms with Crippen molar-refractivity contribution in [1.29, 1.82) is 0 Å². The van der Waals surface area contributed by atoms with Gasteiger partial charge in [0.05, 0.1) is 11.9 Å². The molecule has 3 aromatic rings. The molecule has 0 spiro atoms. The number of aliphatic hydroxyl groups is 1. The molecule has 0 aliphatic carbocycles. The van der Waals surface area contributed by atoms with E-state index in [1.165, 1.54) is 0 Å². The molecule has 194 valence electrons. The number of anilines is 1. The van der Waals surface area contributed by atoms with Crippen molar-refractivity contribution >= 4 is 5.82 Å². The van der Waals surface area contributed by atoms with Gasteiger partial charge in [-0.25, -0.2) is 9.97 Å². The van der Waals surface area contributed by atoms with Crippen molar-refractivity contribution < 1.29 is 14.6 Å². The van der Waals surface area contributed by atoms with Gasteiger partial charge in [0, 0.05) is 62.8 Å². The lowest BCUT2D eigenvalue weighted by Gasteiger charge is -2.32. The summed E-state index contributed by atoms with van der Waals surface area (Å²) in [6.45, 7) is 7.41. The average molecular weight is 495 g/mol. The second-order valence-electron chi connectivity index (χ2n) is 9.78. The molecular formula is C27H38N6O3. The van der Waals surface area contributed by atoms with Gasteiger partial charge >= 0.3 is 0 Å². The van der Waals surface area contributed by atoms with Crippen LogP contribution in [0.5, 0.6) is 5.75 Å². The number of rotatable bonds is 11. The molecule has 1 aliphatic rings. The molecular weight excluding hydrogens is 456 g/mol. The van der Waals surface area contributed by atoms with Crippen molar-refractivity contribution in [2.45, 2.75) is 45.4 Å². The Morgan fingerprint density at radius 3 is 2.75 bits per heavy atom. The zero-order chi connectivity index (χ0) is 25.5. The van der Waals surface area contributed by atoms with Crippen LogP contribution in [0.3, 0.4) is 0 Å². The van der Waals surface area contributed by atoms with Crippen molar-refractivity contribution in [2.24, 2.45) is 5.92 Å². The number of hydrogen-bond acceptors (Lipinski definition) is 8. The number of benzene rings is 1. The number of aromatic nitrogens is 4. The van der Waals surface area contributed by atoms with Gasteiger partial charge < -0.3 is 24.8 Å². The molecule has 1 atom stereocenters. The summed E-state index contributed by atoms with van der Waals surface area (Å²) in [5.74, 6) is 2.66. The first-order valence-electron chi connectivity index (χ1n) is 12.7. The number of aliphatic hydroxyl groups excluding tert-OH is 1. The fraction of sp³-hybridized carbons (Fsp3) is 0.519. The van der Waals surface area contributed by atoms with Crippen LogP contribution in [0, 0.1) is 5.92 Å². The first-order chi connectivity index (χ1) is 17.4. The van der Waals surface area contributed by atoms with Crippen LogP contribution in [-0.2, 0) is 11.3 Å². The minimum Gasteiger partial charge on any atom is -0.491 e. The third-order valence-corrected chi connectivity index (χ3v) is 6.27. The summed E-state index contributed by atoms with van der Waals surface area (Å²) in [4.78, 5) is 12.1. The molecule has 0 bridgehead atoms. The van der Waals surface area contributed by atoms with Gasteiger partial charge in [-0.3, -0.25) is 4.68 Å². The van der Waals surface area contributed by atoms with E-state index in [1.54, 1.807) is 7.05 Å². The van der Waals surface area contributed by atoms with E-state index in [2.05, 4.69) is 36.2 Å². The van der Waals surface area contributed by atoms with Crippen molar-refractivity contribution in [2.75, 3.05) is 45.4 Å². The predicted octanol–water partition coefficient (Wildman–Crippen LogP) is 3.24. The molecule has 36 heavy (non-hydrogen) atoms. The van der Waals surface area contributed by atoms with Crippen molar-refractivity contribution in [1.82, 2.24) is 25.1 Å². The molecule has 1 saturated heterocycles. The highest BCUT2D eigenvalue weighted by molar-refractivity contribution is 5.68. The second kappa shape index (κ2) is 12.3. The maximum atomic E-state index is 10.0. The Hall–Kier alpha value is -3.01. The normalized spacial score (nSPS) is 15.3. The van der Waals surface area contributed by atoms with E-state index in [-0.39, 0.29) is 6.61 Å². The smallest absolute Gasteiger partial charge is 0.162 e. The first-order valence-corrected chi connectivity index (χ1v) is 12.7. The summed E-state index contributed by atoms with van der Waals surface area (Å²) >= 11 is 0. The van der Waals surface area contributed by atoms with E-state index in [1.807, 2.05) is 47.4 Å². The Balaban J connectivity index is 1.67. The molecule has 1 aromatic carbocycles. The SMILES string of the molecule is CNCC(O)COc1cccc(-c2nc(-c3cnn(CC(C)C)c3)cc(N(C)C3CCOCC3)n2)c1. The van der Waals surface area contributed by atoms with Crippen LogP contribution in [0.15, 0.2) is 42.7 Å². The quantitative estimate of drug-likeness (QED) is 0.419. The van der Waals surface area contributed by atoms with Gasteiger partial charge in [-0.15, -0.1) is 0 Å². The molecule has 2 N–H and O–H groups in total. The largest absolute Gasteiger partial charge is 0.491 e. The molecule has 1 unspecified atom stereocenters. The highest BCUT2D eigenvalue weighted by Crippen LogP contribution is 2.29. The molecule has 0 saturated carbocycles. The van der Waals surface area contributed by atoms with E-state index < -0.39 is 6.10 Å². The lowest BCUT2D eigenvalue weighted by Crippen LogP contribution is -2.37. The summed E-state index contributed by atoms with van der Waals surface area (Å²) < 4.78 is 13.4. The standard InChI is InChI=1S/C27H38N6O3/c1-19(2)16-33-17-21(14-29-33)25-13-26(32(4)22-8-10-35-11-9-22)31-27(30-25)20-6-5-7-24(12-20)36-18-23(34)15-28-3/h5-7,12-14,17,19,22-23,28,34H,8-11,15-16,18H2,1-4H3. The maximum Gasteiger partial charge on any atom is 0.162 e. The molecule has 4 rings (SSSR count). The minimum atomic E-state index is -0.583. The van der Waals surface area contributed by atoms with E-state index >= 15 is 0 Å². The Labute approximate surface area is 213 Å². The van der Waals surface area contributed by atoms with Crippen molar-refractivity contribution in [3.8, 4) is 28.4 Å². The molecule has 1 aliphatic heterocycles. The van der Waals surface area contributed by atoms with Gasteiger partial charge in [-0.2, -0.15) is 5.10 Å². The van der Waals surface area contributed by atoms with Crippen molar-refractivity contribution in [3.63, 3.8) is 0 Å². The van der Waals surface area contributed by atoms with Crippen LogP contribution >= 0.6 is 0 Å². The highest BCUT2D eigenvalue weighted by Gasteiger charge is 2.22. The zero-order valence-corrected chi connectivity index (χ0v) is 21.7. The zero-order valence-electron chi connectivity index (χ0n) is 21.7. The third-order valence-electron chi connectivity index (χ3n) is 6.27. The van der Waals surface area contributed by atoms with Crippen LogP contribution < -0.4 is 15.0 Å². The molecule has 9 nitrogen and oxygen atoms in total. The van der Waals surface area contributed by atoms with Gasteiger partial charge in [0.15, 0.2) is 5.82 Å². The van der Waals surface area contributed by atoms with Crippen LogP contribution in [0.2, 0.25) is 0 Å². The van der Waals surface area contributed by atoms with Gasteiger partial charge in [0.25, 0.3) is 0 Å². The van der Waals surface area contributed by atoms with Gasteiger partial charge in [-0.1, -0.05) is 26.0 Å². The number of nitrogens with one attached hydrogen (secondary N) is 1. The molecule has 2 aromatic heterocycles. The van der Waals surface area contributed by atoms with Crippen LogP contribution in [-0.4, -0.2) is 77.5 Å². The van der Waals surface area contributed by atoms with E-state index in [9.17, 15) is 5.11 Å². The van der Waals surface area contributed by atoms with E-state index in [0.717, 1.165) is 55.2 Å². The topological polar surface area (TPSA) is 97.6 Å². The third kappa shape index (κ3) is 6.81. The fourth-order valence-electron chi connectivity index (χ4n) is 4.33. The molecule has 1 fully saturated rings. The molecule has 3 heterocycles. The van der Waals surface area contributed by atoms with E-state index in [0.29, 0.717) is 30.1 Å². The predicted molar refractivity (Wildman–Crippen MR) is 141 cm³/mol. The number of hydrogen-bond donors (Lipinski definition) is 2.